The van der Waals surface area contributed by atoms with Crippen LogP contribution in [0.3, 0.4) is 0 Å². The molecular formula is C58H38N2O2. The van der Waals surface area contributed by atoms with Gasteiger partial charge in [-0.15, -0.1) is 0 Å². The van der Waals surface area contributed by atoms with Gasteiger partial charge in [0.2, 0.25) is 0 Å². The Bertz CT molecular complexity index is 3380. The maximum atomic E-state index is 7.28. The van der Waals surface area contributed by atoms with Crippen molar-refractivity contribution < 1.29 is 9.15 Å². The lowest BCUT2D eigenvalue weighted by Crippen LogP contribution is -2.13. The number of nitrogens with zero attached hydrogens (tertiary/aromatic N) is 2. The van der Waals surface area contributed by atoms with Crippen molar-refractivity contribution in [2.75, 3.05) is 9.80 Å². The Balaban J connectivity index is 1.02. The van der Waals surface area contributed by atoms with Crippen LogP contribution in [0.2, 0.25) is 0 Å². The number of para-hydroxylation sites is 4. The summed E-state index contributed by atoms with van der Waals surface area (Å²) in [5.41, 5.74) is 14.5. The molecule has 11 aromatic rings. The van der Waals surface area contributed by atoms with Gasteiger partial charge in [0.1, 0.15) is 11.3 Å². The van der Waals surface area contributed by atoms with E-state index in [0.717, 1.165) is 101 Å². The second-order valence-corrected chi connectivity index (χ2v) is 15.7. The Morgan fingerprint density at radius 1 is 0.339 bits per heavy atom. The Kier molecular flexibility index (Phi) is 8.46. The largest absolute Gasteiger partial charge is 0.454 e. The Hall–Kier alpha value is -8.34. The summed E-state index contributed by atoms with van der Waals surface area (Å²) in [7, 11) is 0. The van der Waals surface area contributed by atoms with Crippen molar-refractivity contribution in [1.82, 2.24) is 0 Å². The van der Waals surface area contributed by atoms with Crippen molar-refractivity contribution in [1.29, 1.82) is 0 Å². The van der Waals surface area contributed by atoms with Gasteiger partial charge in [0, 0.05) is 50.5 Å². The standard InChI is InChI=1S/C58H38N2O2/c1-4-14-39(15-5-1)40-26-28-41(29-27-40)42-30-33-46(34-31-42)60(52-24-13-23-51-48-21-10-11-25-54(48)61-57(51)52)53-37-32-43-16-12-22-50-49-36-35-47(38-55(49)62-58(53)56(43)50)59(44-17-6-2-7-18-44)45-19-8-3-9-20-45/h1-38H. The molecule has 0 amide bonds. The van der Waals surface area contributed by atoms with Gasteiger partial charge in [-0.2, -0.15) is 0 Å². The molecule has 1 aromatic heterocycles. The van der Waals surface area contributed by atoms with Gasteiger partial charge in [-0.3, -0.25) is 0 Å². The van der Waals surface area contributed by atoms with Crippen LogP contribution in [-0.2, 0) is 0 Å². The van der Waals surface area contributed by atoms with E-state index in [2.05, 4.69) is 228 Å². The summed E-state index contributed by atoms with van der Waals surface area (Å²) in [5, 5.41) is 4.33. The van der Waals surface area contributed by atoms with Crippen LogP contribution < -0.4 is 14.5 Å². The summed E-state index contributed by atoms with van der Waals surface area (Å²) in [6.45, 7) is 0. The number of anilines is 6. The fourth-order valence-corrected chi connectivity index (χ4v) is 9.11. The summed E-state index contributed by atoms with van der Waals surface area (Å²) in [6, 6.07) is 81.3. The monoisotopic (exact) mass is 794 g/mol. The molecule has 0 unspecified atom stereocenters. The zero-order valence-corrected chi connectivity index (χ0v) is 33.7. The Morgan fingerprint density at radius 2 is 0.903 bits per heavy atom. The van der Waals surface area contributed by atoms with Crippen LogP contribution in [0.1, 0.15) is 0 Å². The molecule has 0 bridgehead atoms. The molecule has 2 heterocycles. The maximum absolute atomic E-state index is 7.28. The lowest BCUT2D eigenvalue weighted by atomic mass is 9.93. The summed E-state index contributed by atoms with van der Waals surface area (Å²) in [4.78, 5) is 4.57. The molecule has 0 atom stereocenters. The van der Waals surface area contributed by atoms with Crippen molar-refractivity contribution in [2.45, 2.75) is 0 Å². The number of rotatable bonds is 8. The normalized spacial score (nSPS) is 11.7. The highest BCUT2D eigenvalue weighted by atomic mass is 16.5. The van der Waals surface area contributed by atoms with E-state index < -0.39 is 0 Å². The second kappa shape index (κ2) is 14.7. The van der Waals surface area contributed by atoms with Crippen LogP contribution in [0, 0.1) is 0 Å². The molecule has 10 aromatic carbocycles. The summed E-state index contributed by atoms with van der Waals surface area (Å²) < 4.78 is 14.0. The predicted molar refractivity (Wildman–Crippen MR) is 257 cm³/mol. The van der Waals surface area contributed by atoms with Crippen LogP contribution in [-0.4, -0.2) is 0 Å². The minimum Gasteiger partial charge on any atom is -0.454 e. The number of furan rings is 1. The van der Waals surface area contributed by atoms with E-state index in [0.29, 0.717) is 0 Å². The van der Waals surface area contributed by atoms with Crippen molar-refractivity contribution in [3.8, 4) is 44.9 Å². The highest BCUT2D eigenvalue weighted by molar-refractivity contribution is 6.12. The van der Waals surface area contributed by atoms with Gasteiger partial charge in [0.25, 0.3) is 0 Å². The topological polar surface area (TPSA) is 28.9 Å². The quantitative estimate of drug-likeness (QED) is 0.153. The van der Waals surface area contributed by atoms with E-state index in [9.17, 15) is 0 Å². The number of benzene rings is 10. The lowest BCUT2D eigenvalue weighted by molar-refractivity contribution is 0.488. The molecule has 1 aliphatic rings. The first kappa shape index (κ1) is 35.6. The zero-order chi connectivity index (χ0) is 41.0. The van der Waals surface area contributed by atoms with Gasteiger partial charge in [-0.1, -0.05) is 158 Å². The molecule has 1 aliphatic heterocycles. The van der Waals surface area contributed by atoms with Crippen LogP contribution in [0.25, 0.3) is 66.1 Å². The summed E-state index contributed by atoms with van der Waals surface area (Å²) >= 11 is 0. The highest BCUT2D eigenvalue weighted by Crippen LogP contribution is 2.55. The smallest absolute Gasteiger partial charge is 0.159 e. The molecule has 0 N–H and O–H groups in total. The third kappa shape index (κ3) is 6.00. The zero-order valence-electron chi connectivity index (χ0n) is 33.7. The molecule has 0 radical (unpaired) electrons. The predicted octanol–water partition coefficient (Wildman–Crippen LogP) is 16.8. The van der Waals surface area contributed by atoms with Crippen molar-refractivity contribution in [3.63, 3.8) is 0 Å². The molecular weight excluding hydrogens is 757 g/mol. The van der Waals surface area contributed by atoms with Crippen molar-refractivity contribution in [2.24, 2.45) is 0 Å². The number of ether oxygens (including phenoxy) is 1. The third-order valence-electron chi connectivity index (χ3n) is 12.0. The van der Waals surface area contributed by atoms with E-state index in [1.807, 2.05) is 12.1 Å². The molecule has 0 spiro atoms. The third-order valence-corrected chi connectivity index (χ3v) is 12.0. The molecule has 0 fully saturated rings. The minimum absolute atomic E-state index is 0.794. The van der Waals surface area contributed by atoms with Gasteiger partial charge in [-0.25, -0.2) is 0 Å². The van der Waals surface area contributed by atoms with E-state index in [1.54, 1.807) is 0 Å². The Morgan fingerprint density at radius 3 is 1.61 bits per heavy atom. The number of hydrogen-bond acceptors (Lipinski definition) is 4. The minimum atomic E-state index is 0.794. The van der Waals surface area contributed by atoms with Gasteiger partial charge < -0.3 is 19.0 Å². The van der Waals surface area contributed by atoms with Crippen LogP contribution in [0.4, 0.5) is 34.1 Å². The van der Waals surface area contributed by atoms with Gasteiger partial charge in [-0.05, 0) is 99.9 Å². The maximum Gasteiger partial charge on any atom is 0.159 e. The van der Waals surface area contributed by atoms with E-state index >= 15 is 0 Å². The van der Waals surface area contributed by atoms with E-state index in [1.165, 1.54) is 11.1 Å². The number of fused-ring (bicyclic) bond motifs is 5. The SMILES string of the molecule is c1ccc(-c2ccc(-c3ccc(N(c4ccc5cccc6c5c4Oc4cc(N(c5ccccc5)c5ccccc5)ccc4-6)c4cccc5c4oc4ccccc45)cc3)cc2)cc1. The molecule has 0 saturated carbocycles. The molecule has 0 saturated heterocycles. The fourth-order valence-electron chi connectivity index (χ4n) is 9.11. The van der Waals surface area contributed by atoms with Gasteiger partial charge >= 0.3 is 0 Å². The average molecular weight is 795 g/mol. The van der Waals surface area contributed by atoms with Gasteiger partial charge in [0.05, 0.1) is 11.4 Å². The average Bonchev–Trinajstić information content (AvgIpc) is 3.73. The first-order valence-electron chi connectivity index (χ1n) is 21.0. The molecule has 62 heavy (non-hydrogen) atoms. The molecule has 4 heteroatoms. The van der Waals surface area contributed by atoms with Gasteiger partial charge in [0.15, 0.2) is 11.3 Å². The first-order valence-corrected chi connectivity index (χ1v) is 21.0. The molecule has 4 nitrogen and oxygen atoms in total. The first-order chi connectivity index (χ1) is 30.7. The van der Waals surface area contributed by atoms with Crippen molar-refractivity contribution >= 4 is 66.8 Å². The summed E-state index contributed by atoms with van der Waals surface area (Å²) in [5.74, 6) is 1.59. The van der Waals surface area contributed by atoms with E-state index in [-0.39, 0.29) is 0 Å². The van der Waals surface area contributed by atoms with Crippen LogP contribution in [0.15, 0.2) is 235 Å². The molecule has 0 aliphatic carbocycles. The van der Waals surface area contributed by atoms with Crippen LogP contribution >= 0.6 is 0 Å². The lowest BCUT2D eigenvalue weighted by Gasteiger charge is -2.31. The second-order valence-electron chi connectivity index (χ2n) is 15.7. The van der Waals surface area contributed by atoms with Crippen LogP contribution in [0.5, 0.6) is 11.5 Å². The Labute approximate surface area is 359 Å². The van der Waals surface area contributed by atoms with E-state index in [4.69, 9.17) is 9.15 Å². The fraction of sp³-hybridized carbons (Fsp3) is 0. The molecule has 292 valence electrons. The summed E-state index contributed by atoms with van der Waals surface area (Å²) in [6.07, 6.45) is 0. The molecule has 12 rings (SSSR count). The highest BCUT2D eigenvalue weighted by Gasteiger charge is 2.29. The van der Waals surface area contributed by atoms with Crippen molar-refractivity contribution in [3.05, 3.63) is 231 Å². The number of hydrogen-bond donors (Lipinski definition) is 0.